The molecule has 3 unspecified atom stereocenters. The Bertz CT molecular complexity index is 631. The average molecular weight is 426 g/mol. The zero-order valence-corrected chi connectivity index (χ0v) is 18.5. The Kier molecular flexibility index (Phi) is 10.2. The Hall–Kier alpha value is -1.34. The Morgan fingerprint density at radius 2 is 2.07 bits per heavy atom. The molecule has 1 saturated carbocycles. The van der Waals surface area contributed by atoms with Crippen LogP contribution in [0.4, 0.5) is 0 Å². The zero-order chi connectivity index (χ0) is 19.8. The van der Waals surface area contributed by atoms with Gasteiger partial charge < -0.3 is 20.1 Å². The predicted molar refractivity (Wildman–Crippen MR) is 118 cm³/mol. The minimum absolute atomic E-state index is 0. The number of hydrogen-bond donors (Lipinski definition) is 2. The van der Waals surface area contributed by atoms with Crippen molar-refractivity contribution in [3.05, 3.63) is 29.8 Å². The standard InChI is InChI=1S/C22H35N3O3.ClH/c1-17-7-3-5-9-20(17)28-14-12-24-22(26)16-25-13-11-23-15-19(25)18-8-4-6-10-21(18)27-2;/h4,6,8,10,17,19-20,23H,3,5,7,9,11-16H2,1-2H3,(H,24,26);1H. The normalized spacial score (nSPS) is 25.1. The molecular weight excluding hydrogens is 390 g/mol. The first kappa shape index (κ1) is 23.9. The van der Waals surface area contributed by atoms with Gasteiger partial charge in [0.05, 0.1) is 32.4 Å². The van der Waals surface area contributed by atoms with E-state index in [0.717, 1.165) is 37.4 Å². The summed E-state index contributed by atoms with van der Waals surface area (Å²) in [5.41, 5.74) is 1.12. The van der Waals surface area contributed by atoms with Gasteiger partial charge in [0.2, 0.25) is 5.91 Å². The van der Waals surface area contributed by atoms with E-state index in [1.54, 1.807) is 7.11 Å². The molecule has 0 bridgehead atoms. The summed E-state index contributed by atoms with van der Waals surface area (Å²) >= 11 is 0. The number of halogens is 1. The number of nitrogens with zero attached hydrogens (tertiary/aromatic N) is 1. The first-order valence-corrected chi connectivity index (χ1v) is 10.6. The number of piperazine rings is 1. The number of carbonyl (C=O) groups excluding carboxylic acids is 1. The topological polar surface area (TPSA) is 62.8 Å². The molecule has 1 heterocycles. The Morgan fingerprint density at radius 1 is 1.28 bits per heavy atom. The lowest BCUT2D eigenvalue weighted by atomic mass is 9.88. The molecule has 1 aromatic carbocycles. The van der Waals surface area contributed by atoms with Crippen LogP contribution in [0.15, 0.2) is 24.3 Å². The molecular formula is C22H36ClN3O3. The summed E-state index contributed by atoms with van der Waals surface area (Å²) in [5, 5.41) is 6.46. The van der Waals surface area contributed by atoms with E-state index in [1.165, 1.54) is 19.3 Å². The molecule has 29 heavy (non-hydrogen) atoms. The third-order valence-electron chi connectivity index (χ3n) is 5.99. The number of methoxy groups -OCH3 is 1. The lowest BCUT2D eigenvalue weighted by Gasteiger charge is -2.36. The van der Waals surface area contributed by atoms with Crippen molar-refractivity contribution in [1.82, 2.24) is 15.5 Å². The second kappa shape index (κ2) is 12.4. The van der Waals surface area contributed by atoms with Crippen molar-refractivity contribution < 1.29 is 14.3 Å². The Morgan fingerprint density at radius 3 is 2.86 bits per heavy atom. The van der Waals surface area contributed by atoms with Crippen molar-refractivity contribution in [3.8, 4) is 5.75 Å². The molecule has 3 rings (SSSR count). The number of rotatable bonds is 8. The fourth-order valence-electron chi connectivity index (χ4n) is 4.35. The predicted octanol–water partition coefficient (Wildman–Crippen LogP) is 2.77. The summed E-state index contributed by atoms with van der Waals surface area (Å²) in [6, 6.07) is 8.19. The summed E-state index contributed by atoms with van der Waals surface area (Å²) in [7, 11) is 1.69. The van der Waals surface area contributed by atoms with E-state index < -0.39 is 0 Å². The fraction of sp³-hybridized carbons (Fsp3) is 0.682. The molecule has 1 aromatic rings. The molecule has 164 valence electrons. The van der Waals surface area contributed by atoms with Gasteiger partial charge >= 0.3 is 0 Å². The van der Waals surface area contributed by atoms with Crippen molar-refractivity contribution in [2.75, 3.05) is 46.4 Å². The molecule has 2 N–H and O–H groups in total. The number of carbonyl (C=O) groups is 1. The van der Waals surface area contributed by atoms with Crippen LogP contribution in [0.25, 0.3) is 0 Å². The highest BCUT2D eigenvalue weighted by atomic mass is 35.5. The van der Waals surface area contributed by atoms with Gasteiger partial charge in [-0.25, -0.2) is 0 Å². The maximum absolute atomic E-state index is 12.5. The van der Waals surface area contributed by atoms with Gasteiger partial charge in [0, 0.05) is 31.7 Å². The van der Waals surface area contributed by atoms with Gasteiger partial charge in [-0.1, -0.05) is 38.0 Å². The Balaban J connectivity index is 0.00000300. The number of amides is 1. The quantitative estimate of drug-likeness (QED) is 0.627. The third-order valence-corrected chi connectivity index (χ3v) is 5.99. The summed E-state index contributed by atoms with van der Waals surface area (Å²) in [6.45, 7) is 6.38. The van der Waals surface area contributed by atoms with Gasteiger partial charge in [-0.05, 0) is 24.8 Å². The van der Waals surface area contributed by atoms with Crippen LogP contribution in [0.5, 0.6) is 5.75 Å². The van der Waals surface area contributed by atoms with Gasteiger partial charge in [0.1, 0.15) is 5.75 Å². The van der Waals surface area contributed by atoms with E-state index in [9.17, 15) is 4.79 Å². The number of ether oxygens (including phenoxy) is 2. The molecule has 7 heteroatoms. The molecule has 0 aromatic heterocycles. The van der Waals surface area contributed by atoms with Crippen molar-refractivity contribution in [3.63, 3.8) is 0 Å². The van der Waals surface area contributed by atoms with Gasteiger partial charge in [-0.3, -0.25) is 9.69 Å². The van der Waals surface area contributed by atoms with E-state index in [-0.39, 0.29) is 24.4 Å². The van der Waals surface area contributed by atoms with E-state index >= 15 is 0 Å². The molecule has 0 spiro atoms. The van der Waals surface area contributed by atoms with Crippen molar-refractivity contribution in [2.24, 2.45) is 5.92 Å². The van der Waals surface area contributed by atoms with Crippen LogP contribution in [-0.4, -0.2) is 63.4 Å². The van der Waals surface area contributed by atoms with E-state index in [2.05, 4.69) is 28.5 Å². The highest BCUT2D eigenvalue weighted by molar-refractivity contribution is 5.85. The van der Waals surface area contributed by atoms with Gasteiger partial charge in [0.25, 0.3) is 0 Å². The van der Waals surface area contributed by atoms with E-state index in [1.807, 2.05) is 18.2 Å². The molecule has 1 saturated heterocycles. The molecule has 1 aliphatic carbocycles. The van der Waals surface area contributed by atoms with E-state index in [0.29, 0.717) is 31.7 Å². The maximum atomic E-state index is 12.5. The average Bonchev–Trinajstić information content (AvgIpc) is 2.73. The molecule has 1 amide bonds. The number of hydrogen-bond acceptors (Lipinski definition) is 5. The third kappa shape index (κ3) is 6.85. The molecule has 6 nitrogen and oxygen atoms in total. The highest BCUT2D eigenvalue weighted by Crippen LogP contribution is 2.30. The summed E-state index contributed by atoms with van der Waals surface area (Å²) in [5.74, 6) is 1.56. The minimum atomic E-state index is 0. The van der Waals surface area contributed by atoms with Crippen molar-refractivity contribution in [2.45, 2.75) is 44.8 Å². The largest absolute Gasteiger partial charge is 0.496 e. The molecule has 2 fully saturated rings. The van der Waals surface area contributed by atoms with Gasteiger partial charge in [-0.2, -0.15) is 0 Å². The first-order valence-electron chi connectivity index (χ1n) is 10.6. The SMILES string of the molecule is COc1ccccc1C1CNCCN1CC(=O)NCCOC1CCCCC1C.Cl. The second-order valence-electron chi connectivity index (χ2n) is 7.95. The van der Waals surface area contributed by atoms with Crippen LogP contribution in [0.3, 0.4) is 0 Å². The summed E-state index contributed by atoms with van der Waals surface area (Å²) in [4.78, 5) is 14.7. The molecule has 2 aliphatic rings. The van der Waals surface area contributed by atoms with E-state index in [4.69, 9.17) is 9.47 Å². The molecule has 0 radical (unpaired) electrons. The monoisotopic (exact) mass is 425 g/mol. The summed E-state index contributed by atoms with van der Waals surface area (Å²) in [6.07, 6.45) is 5.33. The number of nitrogens with one attached hydrogen (secondary N) is 2. The van der Waals surface area contributed by atoms with Crippen molar-refractivity contribution in [1.29, 1.82) is 0 Å². The fourth-order valence-corrected chi connectivity index (χ4v) is 4.35. The zero-order valence-electron chi connectivity index (χ0n) is 17.7. The molecule has 1 aliphatic heterocycles. The van der Waals surface area contributed by atoms with Gasteiger partial charge in [0.15, 0.2) is 0 Å². The first-order chi connectivity index (χ1) is 13.7. The van der Waals surface area contributed by atoms with Gasteiger partial charge in [-0.15, -0.1) is 12.4 Å². The van der Waals surface area contributed by atoms with Crippen LogP contribution in [0, 0.1) is 5.92 Å². The molecule has 3 atom stereocenters. The lowest BCUT2D eigenvalue weighted by molar-refractivity contribution is -0.123. The van der Waals surface area contributed by atoms with Crippen LogP contribution < -0.4 is 15.4 Å². The van der Waals surface area contributed by atoms with Crippen LogP contribution in [0.1, 0.15) is 44.2 Å². The smallest absolute Gasteiger partial charge is 0.234 e. The second-order valence-corrected chi connectivity index (χ2v) is 7.95. The maximum Gasteiger partial charge on any atom is 0.234 e. The van der Waals surface area contributed by atoms with Crippen LogP contribution in [-0.2, 0) is 9.53 Å². The number of benzene rings is 1. The summed E-state index contributed by atoms with van der Waals surface area (Å²) < 4.78 is 11.5. The number of para-hydroxylation sites is 1. The Labute approximate surface area is 181 Å². The lowest BCUT2D eigenvalue weighted by Crippen LogP contribution is -2.49. The minimum Gasteiger partial charge on any atom is -0.496 e. The van der Waals surface area contributed by atoms with Crippen LogP contribution in [0.2, 0.25) is 0 Å². The van der Waals surface area contributed by atoms with Crippen molar-refractivity contribution >= 4 is 18.3 Å². The van der Waals surface area contributed by atoms with Crippen LogP contribution >= 0.6 is 12.4 Å². The highest BCUT2D eigenvalue weighted by Gasteiger charge is 2.27.